The standard InChI is InChI=1S/C15H10F5NO4/c1-23-12-9(4-3-8(16)10(12)17)25-11-7(14(22)24-2)5-6-21-13(11)15(18,19)20/h3-6H,1-2H3. The molecule has 134 valence electrons. The first-order chi connectivity index (χ1) is 11.7. The van der Waals surface area contributed by atoms with Gasteiger partial charge in [-0.25, -0.2) is 14.2 Å². The number of aromatic nitrogens is 1. The van der Waals surface area contributed by atoms with Crippen molar-refractivity contribution in [2.75, 3.05) is 14.2 Å². The summed E-state index contributed by atoms with van der Waals surface area (Å²) in [6.45, 7) is 0. The van der Waals surface area contributed by atoms with Crippen molar-refractivity contribution in [2.24, 2.45) is 0 Å². The van der Waals surface area contributed by atoms with E-state index in [0.717, 1.165) is 32.5 Å². The van der Waals surface area contributed by atoms with Gasteiger partial charge in [0.25, 0.3) is 0 Å². The van der Waals surface area contributed by atoms with E-state index in [1.165, 1.54) is 0 Å². The average Bonchev–Trinajstić information content (AvgIpc) is 2.57. The lowest BCUT2D eigenvalue weighted by molar-refractivity contribution is -0.142. The van der Waals surface area contributed by atoms with Gasteiger partial charge >= 0.3 is 12.1 Å². The van der Waals surface area contributed by atoms with Crippen LogP contribution >= 0.6 is 0 Å². The number of carbonyl (C=O) groups excluding carboxylic acids is 1. The summed E-state index contributed by atoms with van der Waals surface area (Å²) >= 11 is 0. The summed E-state index contributed by atoms with van der Waals surface area (Å²) in [5.41, 5.74) is -2.14. The predicted octanol–water partition coefficient (Wildman–Crippen LogP) is 3.97. The molecule has 0 aliphatic heterocycles. The molecular formula is C15H10F5NO4. The molecule has 0 saturated carbocycles. The fourth-order valence-corrected chi connectivity index (χ4v) is 1.92. The Morgan fingerprint density at radius 2 is 1.76 bits per heavy atom. The number of hydrogen-bond donors (Lipinski definition) is 0. The Kier molecular flexibility index (Phi) is 5.10. The van der Waals surface area contributed by atoms with Gasteiger partial charge in [-0.1, -0.05) is 0 Å². The van der Waals surface area contributed by atoms with Crippen molar-refractivity contribution in [3.8, 4) is 17.2 Å². The van der Waals surface area contributed by atoms with E-state index in [9.17, 15) is 26.7 Å². The van der Waals surface area contributed by atoms with Crippen LogP contribution in [0.4, 0.5) is 22.0 Å². The molecule has 0 atom stereocenters. The minimum absolute atomic E-state index is 0.579. The summed E-state index contributed by atoms with van der Waals surface area (Å²) in [5, 5.41) is 0. The molecule has 0 amide bonds. The van der Waals surface area contributed by atoms with Crippen LogP contribution in [0.1, 0.15) is 16.1 Å². The second kappa shape index (κ2) is 6.91. The number of nitrogens with zero attached hydrogens (tertiary/aromatic N) is 1. The van der Waals surface area contributed by atoms with Gasteiger partial charge in [-0.05, 0) is 18.2 Å². The van der Waals surface area contributed by atoms with Gasteiger partial charge in [0.15, 0.2) is 23.0 Å². The first-order valence-electron chi connectivity index (χ1n) is 6.55. The van der Waals surface area contributed by atoms with E-state index in [1.807, 2.05) is 0 Å². The molecule has 1 aromatic carbocycles. The highest BCUT2D eigenvalue weighted by molar-refractivity contribution is 5.92. The van der Waals surface area contributed by atoms with Crippen LogP contribution < -0.4 is 9.47 Å². The van der Waals surface area contributed by atoms with Crippen LogP contribution in [-0.2, 0) is 10.9 Å². The molecular weight excluding hydrogens is 353 g/mol. The van der Waals surface area contributed by atoms with Gasteiger partial charge < -0.3 is 14.2 Å². The Morgan fingerprint density at radius 3 is 2.32 bits per heavy atom. The molecule has 10 heteroatoms. The van der Waals surface area contributed by atoms with Crippen LogP contribution in [0.2, 0.25) is 0 Å². The minimum Gasteiger partial charge on any atom is -0.490 e. The lowest BCUT2D eigenvalue weighted by Gasteiger charge is -2.17. The maximum absolute atomic E-state index is 13.7. The number of halogens is 5. The van der Waals surface area contributed by atoms with Crippen LogP contribution in [0.3, 0.4) is 0 Å². The van der Waals surface area contributed by atoms with E-state index in [2.05, 4.69) is 14.5 Å². The predicted molar refractivity (Wildman–Crippen MR) is 73.6 cm³/mol. The zero-order valence-electron chi connectivity index (χ0n) is 12.8. The van der Waals surface area contributed by atoms with Gasteiger partial charge in [-0.2, -0.15) is 17.6 Å². The number of carbonyl (C=O) groups is 1. The summed E-state index contributed by atoms with van der Waals surface area (Å²) in [6.07, 6.45) is -4.24. The molecule has 0 unspecified atom stereocenters. The van der Waals surface area contributed by atoms with Crippen LogP contribution in [0.15, 0.2) is 24.4 Å². The topological polar surface area (TPSA) is 57.7 Å². The van der Waals surface area contributed by atoms with Gasteiger partial charge in [0.2, 0.25) is 11.6 Å². The largest absolute Gasteiger partial charge is 0.490 e. The molecule has 0 aliphatic carbocycles. The summed E-state index contributed by atoms with van der Waals surface area (Å²) in [5.74, 6) is -6.26. The number of benzene rings is 1. The molecule has 5 nitrogen and oxygen atoms in total. The number of esters is 1. The maximum Gasteiger partial charge on any atom is 0.437 e. The van der Waals surface area contributed by atoms with Gasteiger partial charge in [-0.15, -0.1) is 0 Å². The van der Waals surface area contributed by atoms with Crippen LogP contribution in [0, 0.1) is 11.6 Å². The van der Waals surface area contributed by atoms with Gasteiger partial charge in [0.05, 0.1) is 14.2 Å². The van der Waals surface area contributed by atoms with Gasteiger partial charge in [0, 0.05) is 6.20 Å². The maximum atomic E-state index is 13.7. The van der Waals surface area contributed by atoms with E-state index >= 15 is 0 Å². The Labute approximate surface area is 137 Å². The molecule has 25 heavy (non-hydrogen) atoms. The minimum atomic E-state index is -4.98. The fourth-order valence-electron chi connectivity index (χ4n) is 1.92. The number of ether oxygens (including phenoxy) is 3. The summed E-state index contributed by atoms with van der Waals surface area (Å²) < 4.78 is 80.5. The number of hydrogen-bond acceptors (Lipinski definition) is 5. The van der Waals surface area contributed by atoms with Crippen LogP contribution in [-0.4, -0.2) is 25.2 Å². The van der Waals surface area contributed by atoms with Gasteiger partial charge in [-0.3, -0.25) is 0 Å². The lowest BCUT2D eigenvalue weighted by atomic mass is 10.2. The second-order valence-corrected chi connectivity index (χ2v) is 4.52. The van der Waals surface area contributed by atoms with Crippen LogP contribution in [0.5, 0.6) is 17.2 Å². The van der Waals surface area contributed by atoms with Crippen molar-refractivity contribution in [3.63, 3.8) is 0 Å². The van der Waals surface area contributed by atoms with E-state index in [1.54, 1.807) is 0 Å². The molecule has 1 heterocycles. The Morgan fingerprint density at radius 1 is 1.08 bits per heavy atom. The third kappa shape index (κ3) is 3.62. The molecule has 0 saturated heterocycles. The van der Waals surface area contributed by atoms with Crippen molar-refractivity contribution < 1.29 is 41.0 Å². The Hall–Kier alpha value is -2.91. The summed E-state index contributed by atoms with van der Waals surface area (Å²) in [4.78, 5) is 14.9. The molecule has 2 aromatic rings. The highest BCUT2D eigenvalue weighted by Gasteiger charge is 2.39. The molecule has 0 N–H and O–H groups in total. The van der Waals surface area contributed by atoms with E-state index in [0.29, 0.717) is 6.07 Å². The highest BCUT2D eigenvalue weighted by Crippen LogP contribution is 2.42. The summed E-state index contributed by atoms with van der Waals surface area (Å²) in [7, 11) is 1.93. The van der Waals surface area contributed by atoms with Gasteiger partial charge in [0.1, 0.15) is 5.56 Å². The molecule has 0 bridgehead atoms. The third-order valence-electron chi connectivity index (χ3n) is 3.01. The Balaban J connectivity index is 2.66. The molecule has 1 aromatic heterocycles. The van der Waals surface area contributed by atoms with E-state index in [4.69, 9.17) is 4.74 Å². The number of pyridine rings is 1. The van der Waals surface area contributed by atoms with Crippen LogP contribution in [0.25, 0.3) is 0 Å². The van der Waals surface area contributed by atoms with Crippen molar-refractivity contribution in [1.29, 1.82) is 0 Å². The third-order valence-corrected chi connectivity index (χ3v) is 3.01. The van der Waals surface area contributed by atoms with Crippen molar-refractivity contribution in [2.45, 2.75) is 6.18 Å². The first-order valence-corrected chi connectivity index (χ1v) is 6.55. The van der Waals surface area contributed by atoms with E-state index in [-0.39, 0.29) is 0 Å². The molecule has 0 radical (unpaired) electrons. The first kappa shape index (κ1) is 18.4. The second-order valence-electron chi connectivity index (χ2n) is 4.52. The number of alkyl halides is 3. The SMILES string of the molecule is COC(=O)c1ccnc(C(F)(F)F)c1Oc1ccc(F)c(F)c1OC. The molecule has 0 fully saturated rings. The number of rotatable bonds is 4. The monoisotopic (exact) mass is 363 g/mol. The smallest absolute Gasteiger partial charge is 0.437 e. The normalized spacial score (nSPS) is 11.2. The van der Waals surface area contributed by atoms with E-state index < -0.39 is 52.3 Å². The molecule has 0 aliphatic rings. The fraction of sp³-hybridized carbons (Fsp3) is 0.200. The zero-order chi connectivity index (χ0) is 18.8. The highest BCUT2D eigenvalue weighted by atomic mass is 19.4. The number of methoxy groups -OCH3 is 2. The molecule has 0 spiro atoms. The van der Waals surface area contributed by atoms with Crippen molar-refractivity contribution >= 4 is 5.97 Å². The quantitative estimate of drug-likeness (QED) is 0.608. The lowest BCUT2D eigenvalue weighted by Crippen LogP contribution is -2.14. The Bertz CT molecular complexity index is 807. The zero-order valence-corrected chi connectivity index (χ0v) is 12.8. The summed E-state index contributed by atoms with van der Waals surface area (Å²) in [6, 6.07) is 2.42. The van der Waals surface area contributed by atoms with Crippen molar-refractivity contribution in [1.82, 2.24) is 4.98 Å². The average molecular weight is 363 g/mol. The van der Waals surface area contributed by atoms with Crippen molar-refractivity contribution in [3.05, 3.63) is 47.3 Å². The molecule has 2 rings (SSSR count).